The molecule has 158 valence electrons. The van der Waals surface area contributed by atoms with Crippen molar-refractivity contribution in [3.63, 3.8) is 0 Å². The standard InChI is InChI=1S/C26H23F3N2/c1-14-6-15(2)9-19(8-14)24-25(20-10-16(3)7-17(4)11-20)31-23-18(5)12-21(26(27,28)29)13-22(23)30-24/h6-13H,1-5H3. The summed E-state index contributed by atoms with van der Waals surface area (Å²) in [4.78, 5) is 9.59. The summed E-state index contributed by atoms with van der Waals surface area (Å²) in [5.41, 5.74) is 7.77. The molecule has 0 saturated heterocycles. The quantitative estimate of drug-likeness (QED) is 0.335. The van der Waals surface area contributed by atoms with Crippen LogP contribution >= 0.6 is 0 Å². The number of fused-ring (bicyclic) bond motifs is 1. The number of aryl methyl sites for hydroxylation is 5. The van der Waals surface area contributed by atoms with Crippen molar-refractivity contribution in [2.45, 2.75) is 40.8 Å². The largest absolute Gasteiger partial charge is 0.416 e. The first-order valence-electron chi connectivity index (χ1n) is 10.1. The first-order chi connectivity index (χ1) is 14.5. The minimum Gasteiger partial charge on any atom is -0.244 e. The molecule has 1 aromatic heterocycles. The highest BCUT2D eigenvalue weighted by Gasteiger charge is 2.31. The number of halogens is 3. The van der Waals surface area contributed by atoms with Gasteiger partial charge in [0.15, 0.2) is 0 Å². The molecular formula is C26H23F3N2. The van der Waals surface area contributed by atoms with Crippen LogP contribution in [0.2, 0.25) is 0 Å². The van der Waals surface area contributed by atoms with Gasteiger partial charge in [-0.2, -0.15) is 13.2 Å². The molecule has 0 atom stereocenters. The summed E-state index contributed by atoms with van der Waals surface area (Å²) >= 11 is 0. The number of hydrogen-bond acceptors (Lipinski definition) is 2. The van der Waals surface area contributed by atoms with Crippen molar-refractivity contribution in [2.24, 2.45) is 0 Å². The molecule has 0 spiro atoms. The lowest BCUT2D eigenvalue weighted by molar-refractivity contribution is -0.137. The Labute approximate surface area is 179 Å². The van der Waals surface area contributed by atoms with Gasteiger partial charge < -0.3 is 0 Å². The van der Waals surface area contributed by atoms with E-state index in [0.29, 0.717) is 22.5 Å². The zero-order valence-corrected chi connectivity index (χ0v) is 18.1. The topological polar surface area (TPSA) is 25.8 Å². The van der Waals surface area contributed by atoms with E-state index >= 15 is 0 Å². The summed E-state index contributed by atoms with van der Waals surface area (Å²) in [7, 11) is 0. The fourth-order valence-electron chi connectivity index (χ4n) is 4.12. The smallest absolute Gasteiger partial charge is 0.244 e. The van der Waals surface area contributed by atoms with Crippen LogP contribution in [0.1, 0.15) is 33.4 Å². The molecule has 3 aromatic carbocycles. The number of nitrogens with zero attached hydrogens (tertiary/aromatic N) is 2. The van der Waals surface area contributed by atoms with E-state index in [9.17, 15) is 13.2 Å². The third-order valence-corrected chi connectivity index (χ3v) is 5.28. The monoisotopic (exact) mass is 420 g/mol. The maximum absolute atomic E-state index is 13.4. The van der Waals surface area contributed by atoms with Crippen LogP contribution in [-0.2, 0) is 6.18 Å². The average Bonchev–Trinajstić information content (AvgIpc) is 2.64. The third kappa shape index (κ3) is 4.18. The molecule has 0 N–H and O–H groups in total. The summed E-state index contributed by atoms with van der Waals surface area (Å²) in [6, 6.07) is 14.4. The fourth-order valence-corrected chi connectivity index (χ4v) is 4.12. The minimum atomic E-state index is -4.44. The van der Waals surface area contributed by atoms with Gasteiger partial charge in [0.1, 0.15) is 0 Å². The first-order valence-corrected chi connectivity index (χ1v) is 10.1. The van der Waals surface area contributed by atoms with Gasteiger partial charge in [-0.15, -0.1) is 0 Å². The SMILES string of the molecule is Cc1cc(C)cc(-c2nc3cc(C(F)(F)F)cc(C)c3nc2-c2cc(C)cc(C)c2)c1. The predicted octanol–water partition coefficient (Wildman–Crippen LogP) is 7.52. The Morgan fingerprint density at radius 3 is 1.48 bits per heavy atom. The third-order valence-electron chi connectivity index (χ3n) is 5.28. The Bertz CT molecular complexity index is 1280. The molecular weight excluding hydrogens is 397 g/mol. The van der Waals surface area contributed by atoms with E-state index in [4.69, 9.17) is 9.97 Å². The fraction of sp³-hybridized carbons (Fsp3) is 0.231. The number of benzene rings is 3. The zero-order chi connectivity index (χ0) is 22.5. The Morgan fingerprint density at radius 2 is 1.03 bits per heavy atom. The van der Waals surface area contributed by atoms with Crippen molar-refractivity contribution in [1.29, 1.82) is 0 Å². The molecule has 0 aliphatic rings. The van der Waals surface area contributed by atoms with E-state index in [1.54, 1.807) is 6.92 Å². The molecule has 5 heteroatoms. The molecule has 0 aliphatic carbocycles. The van der Waals surface area contributed by atoms with Crippen LogP contribution in [0.4, 0.5) is 13.2 Å². The summed E-state index contributed by atoms with van der Waals surface area (Å²) in [5, 5.41) is 0. The Morgan fingerprint density at radius 1 is 0.581 bits per heavy atom. The second kappa shape index (κ2) is 7.49. The van der Waals surface area contributed by atoms with Gasteiger partial charge in [0, 0.05) is 11.1 Å². The molecule has 0 unspecified atom stereocenters. The lowest BCUT2D eigenvalue weighted by Gasteiger charge is -2.15. The van der Waals surface area contributed by atoms with Gasteiger partial charge in [0.05, 0.1) is 28.0 Å². The second-order valence-electron chi connectivity index (χ2n) is 8.33. The molecule has 0 bridgehead atoms. The highest BCUT2D eigenvalue weighted by molar-refractivity contribution is 5.88. The van der Waals surface area contributed by atoms with Crippen molar-refractivity contribution in [1.82, 2.24) is 9.97 Å². The van der Waals surface area contributed by atoms with Gasteiger partial charge in [-0.05, 0) is 76.6 Å². The van der Waals surface area contributed by atoms with Crippen molar-refractivity contribution < 1.29 is 13.2 Å². The Hall–Kier alpha value is -3.21. The van der Waals surface area contributed by atoms with Crippen LogP contribution in [0.5, 0.6) is 0 Å². The minimum absolute atomic E-state index is 0.245. The van der Waals surface area contributed by atoms with Gasteiger partial charge >= 0.3 is 6.18 Å². The van der Waals surface area contributed by atoms with Crippen molar-refractivity contribution >= 4 is 11.0 Å². The van der Waals surface area contributed by atoms with E-state index in [-0.39, 0.29) is 5.52 Å². The Kier molecular flexibility index (Phi) is 5.08. The summed E-state index contributed by atoms with van der Waals surface area (Å²) < 4.78 is 40.2. The van der Waals surface area contributed by atoms with Crippen LogP contribution in [0.3, 0.4) is 0 Å². The summed E-state index contributed by atoms with van der Waals surface area (Å²) in [5.74, 6) is 0. The predicted molar refractivity (Wildman–Crippen MR) is 119 cm³/mol. The van der Waals surface area contributed by atoms with Crippen LogP contribution in [-0.4, -0.2) is 9.97 Å². The van der Waals surface area contributed by atoms with Gasteiger partial charge in [-0.1, -0.05) is 34.4 Å². The molecule has 0 radical (unpaired) electrons. The van der Waals surface area contributed by atoms with E-state index in [1.807, 2.05) is 52.0 Å². The number of rotatable bonds is 2. The molecule has 0 fully saturated rings. The highest BCUT2D eigenvalue weighted by atomic mass is 19.4. The van der Waals surface area contributed by atoms with Gasteiger partial charge in [0.2, 0.25) is 0 Å². The lowest BCUT2D eigenvalue weighted by Crippen LogP contribution is -2.07. The van der Waals surface area contributed by atoms with Crippen molar-refractivity contribution in [3.8, 4) is 22.5 Å². The van der Waals surface area contributed by atoms with Crippen LogP contribution in [0, 0.1) is 34.6 Å². The molecule has 4 rings (SSSR count). The molecule has 4 aromatic rings. The molecule has 31 heavy (non-hydrogen) atoms. The van der Waals surface area contributed by atoms with Gasteiger partial charge in [-0.3, -0.25) is 0 Å². The van der Waals surface area contributed by atoms with Gasteiger partial charge in [0.25, 0.3) is 0 Å². The van der Waals surface area contributed by atoms with E-state index in [2.05, 4.69) is 12.1 Å². The van der Waals surface area contributed by atoms with E-state index in [0.717, 1.165) is 45.5 Å². The summed E-state index contributed by atoms with van der Waals surface area (Å²) in [6.45, 7) is 9.67. The van der Waals surface area contributed by atoms with E-state index in [1.165, 1.54) is 0 Å². The van der Waals surface area contributed by atoms with Crippen molar-refractivity contribution in [3.05, 3.63) is 81.9 Å². The van der Waals surface area contributed by atoms with E-state index < -0.39 is 11.7 Å². The van der Waals surface area contributed by atoms with Crippen LogP contribution < -0.4 is 0 Å². The molecule has 1 heterocycles. The molecule has 2 nitrogen and oxygen atoms in total. The maximum Gasteiger partial charge on any atom is 0.416 e. The summed E-state index contributed by atoms with van der Waals surface area (Å²) in [6.07, 6.45) is -4.44. The number of aromatic nitrogens is 2. The first kappa shape index (κ1) is 21.0. The van der Waals surface area contributed by atoms with Crippen LogP contribution in [0.25, 0.3) is 33.5 Å². The van der Waals surface area contributed by atoms with Crippen LogP contribution in [0.15, 0.2) is 48.5 Å². The zero-order valence-electron chi connectivity index (χ0n) is 18.1. The molecule has 0 aliphatic heterocycles. The Balaban J connectivity index is 2.10. The molecule has 0 saturated carbocycles. The highest BCUT2D eigenvalue weighted by Crippen LogP contribution is 2.36. The maximum atomic E-state index is 13.4. The number of alkyl halides is 3. The second-order valence-corrected chi connectivity index (χ2v) is 8.33. The average molecular weight is 420 g/mol. The molecule has 0 amide bonds. The number of hydrogen-bond donors (Lipinski definition) is 0. The van der Waals surface area contributed by atoms with Crippen molar-refractivity contribution in [2.75, 3.05) is 0 Å². The van der Waals surface area contributed by atoms with Gasteiger partial charge in [-0.25, -0.2) is 9.97 Å². The normalized spacial score (nSPS) is 11.9. The lowest BCUT2D eigenvalue weighted by atomic mass is 9.97.